The lowest BCUT2D eigenvalue weighted by molar-refractivity contribution is 0.0935. The Balaban J connectivity index is 2.04. The SMILES string of the molecule is Cc1cc(C)c(C2NC(=O)c3ccccc3N2)c(C)c1. The molecule has 0 radical (unpaired) electrons. The van der Waals surface area contributed by atoms with Crippen molar-refractivity contribution in [1.82, 2.24) is 5.32 Å². The Morgan fingerprint density at radius 3 is 2.30 bits per heavy atom. The predicted octanol–water partition coefficient (Wildman–Crippen LogP) is 3.47. The first-order valence-corrected chi connectivity index (χ1v) is 6.80. The minimum Gasteiger partial charge on any atom is -0.361 e. The number of carbonyl (C=O) groups excluding carboxylic acids is 1. The molecule has 1 amide bonds. The molecule has 1 atom stereocenters. The highest BCUT2D eigenvalue weighted by atomic mass is 16.2. The van der Waals surface area contributed by atoms with Gasteiger partial charge in [-0.25, -0.2) is 0 Å². The van der Waals surface area contributed by atoms with Crippen molar-refractivity contribution in [3.8, 4) is 0 Å². The quantitative estimate of drug-likeness (QED) is 0.830. The fraction of sp³-hybridized carbons (Fsp3) is 0.235. The molecule has 1 aliphatic rings. The van der Waals surface area contributed by atoms with Crippen LogP contribution in [0.2, 0.25) is 0 Å². The van der Waals surface area contributed by atoms with Crippen LogP contribution in [0.4, 0.5) is 5.69 Å². The summed E-state index contributed by atoms with van der Waals surface area (Å²) in [5.74, 6) is -0.0243. The molecule has 0 saturated carbocycles. The van der Waals surface area contributed by atoms with E-state index in [1.165, 1.54) is 16.7 Å². The first kappa shape index (κ1) is 12.7. The summed E-state index contributed by atoms with van der Waals surface area (Å²) >= 11 is 0. The van der Waals surface area contributed by atoms with Crippen molar-refractivity contribution in [1.29, 1.82) is 0 Å². The molecule has 0 fully saturated rings. The second-order valence-corrected chi connectivity index (χ2v) is 5.41. The van der Waals surface area contributed by atoms with Gasteiger partial charge in [0.15, 0.2) is 0 Å². The van der Waals surface area contributed by atoms with E-state index in [2.05, 4.69) is 43.5 Å². The van der Waals surface area contributed by atoms with Crippen molar-refractivity contribution in [2.24, 2.45) is 0 Å². The predicted molar refractivity (Wildman–Crippen MR) is 80.9 cm³/mol. The summed E-state index contributed by atoms with van der Waals surface area (Å²) in [4.78, 5) is 12.2. The van der Waals surface area contributed by atoms with Crippen LogP contribution in [-0.4, -0.2) is 5.91 Å². The summed E-state index contributed by atoms with van der Waals surface area (Å²) in [7, 11) is 0. The van der Waals surface area contributed by atoms with E-state index in [4.69, 9.17) is 0 Å². The van der Waals surface area contributed by atoms with Crippen molar-refractivity contribution >= 4 is 11.6 Å². The van der Waals surface area contributed by atoms with Gasteiger partial charge >= 0.3 is 0 Å². The molecule has 2 aromatic carbocycles. The van der Waals surface area contributed by atoms with E-state index in [9.17, 15) is 4.79 Å². The molecule has 0 bridgehead atoms. The van der Waals surface area contributed by atoms with E-state index in [-0.39, 0.29) is 12.1 Å². The number of hydrogen-bond donors (Lipinski definition) is 2. The topological polar surface area (TPSA) is 41.1 Å². The van der Waals surface area contributed by atoms with E-state index in [0.717, 1.165) is 11.3 Å². The van der Waals surface area contributed by atoms with Crippen LogP contribution in [0.25, 0.3) is 0 Å². The van der Waals surface area contributed by atoms with Gasteiger partial charge in [0.2, 0.25) is 0 Å². The van der Waals surface area contributed by atoms with E-state index in [1.807, 2.05) is 24.3 Å². The summed E-state index contributed by atoms with van der Waals surface area (Å²) in [6.07, 6.45) is -0.169. The number of amides is 1. The summed E-state index contributed by atoms with van der Waals surface area (Å²) in [6, 6.07) is 11.9. The number of hydrogen-bond acceptors (Lipinski definition) is 2. The molecule has 3 rings (SSSR count). The third-order valence-corrected chi connectivity index (χ3v) is 3.77. The maximum absolute atomic E-state index is 12.2. The van der Waals surface area contributed by atoms with Crippen LogP contribution in [0.1, 0.15) is 38.8 Å². The third kappa shape index (κ3) is 2.05. The fourth-order valence-electron chi connectivity index (χ4n) is 3.00. The van der Waals surface area contributed by atoms with Gasteiger partial charge in [0.1, 0.15) is 6.17 Å². The van der Waals surface area contributed by atoms with Gasteiger partial charge < -0.3 is 10.6 Å². The molecule has 102 valence electrons. The first-order chi connectivity index (χ1) is 9.56. The molecule has 2 N–H and O–H groups in total. The normalized spacial score (nSPS) is 17.1. The lowest BCUT2D eigenvalue weighted by atomic mass is 9.96. The van der Waals surface area contributed by atoms with Crippen molar-refractivity contribution in [2.45, 2.75) is 26.9 Å². The number of carbonyl (C=O) groups is 1. The number of para-hydroxylation sites is 1. The molecule has 20 heavy (non-hydrogen) atoms. The largest absolute Gasteiger partial charge is 0.361 e. The molecular weight excluding hydrogens is 248 g/mol. The van der Waals surface area contributed by atoms with Gasteiger partial charge in [0.25, 0.3) is 5.91 Å². The molecule has 3 nitrogen and oxygen atoms in total. The Bertz CT molecular complexity index is 668. The van der Waals surface area contributed by atoms with Crippen LogP contribution < -0.4 is 10.6 Å². The van der Waals surface area contributed by atoms with Gasteiger partial charge in [0.05, 0.1) is 5.56 Å². The minimum atomic E-state index is -0.169. The summed E-state index contributed by atoms with van der Waals surface area (Å²) in [5.41, 5.74) is 6.37. The summed E-state index contributed by atoms with van der Waals surface area (Å²) in [6.45, 7) is 6.26. The average Bonchev–Trinajstić information content (AvgIpc) is 2.37. The summed E-state index contributed by atoms with van der Waals surface area (Å²) in [5, 5.41) is 6.45. The van der Waals surface area contributed by atoms with Crippen LogP contribution in [-0.2, 0) is 0 Å². The monoisotopic (exact) mass is 266 g/mol. The van der Waals surface area contributed by atoms with Gasteiger partial charge in [-0.2, -0.15) is 0 Å². The first-order valence-electron chi connectivity index (χ1n) is 6.80. The van der Waals surface area contributed by atoms with E-state index >= 15 is 0 Å². The second kappa shape index (κ2) is 4.67. The molecule has 1 heterocycles. The van der Waals surface area contributed by atoms with Gasteiger partial charge in [-0.15, -0.1) is 0 Å². The zero-order valence-corrected chi connectivity index (χ0v) is 11.9. The van der Waals surface area contributed by atoms with Crippen LogP contribution in [0.5, 0.6) is 0 Å². The molecule has 0 saturated heterocycles. The number of fused-ring (bicyclic) bond motifs is 1. The van der Waals surface area contributed by atoms with Gasteiger partial charge in [-0.05, 0) is 44.0 Å². The molecule has 2 aromatic rings. The molecule has 0 aromatic heterocycles. The molecule has 3 heteroatoms. The van der Waals surface area contributed by atoms with Crippen LogP contribution in [0.3, 0.4) is 0 Å². The van der Waals surface area contributed by atoms with Gasteiger partial charge in [-0.1, -0.05) is 29.8 Å². The Hall–Kier alpha value is -2.29. The number of benzene rings is 2. The van der Waals surface area contributed by atoms with E-state index in [1.54, 1.807) is 0 Å². The van der Waals surface area contributed by atoms with Crippen molar-refractivity contribution in [3.63, 3.8) is 0 Å². The smallest absolute Gasteiger partial charge is 0.255 e. The Labute approximate surface area is 119 Å². The van der Waals surface area contributed by atoms with E-state index < -0.39 is 0 Å². The highest BCUT2D eigenvalue weighted by molar-refractivity contribution is 6.01. The lowest BCUT2D eigenvalue weighted by Gasteiger charge is -2.30. The lowest BCUT2D eigenvalue weighted by Crippen LogP contribution is -2.39. The molecular formula is C17H18N2O. The van der Waals surface area contributed by atoms with Crippen LogP contribution >= 0.6 is 0 Å². The van der Waals surface area contributed by atoms with Crippen LogP contribution in [0.15, 0.2) is 36.4 Å². The zero-order valence-electron chi connectivity index (χ0n) is 11.9. The number of aryl methyl sites for hydroxylation is 3. The Morgan fingerprint density at radius 2 is 1.60 bits per heavy atom. The molecule has 1 unspecified atom stereocenters. The number of rotatable bonds is 1. The van der Waals surface area contributed by atoms with Gasteiger partial charge in [-0.3, -0.25) is 4.79 Å². The Kier molecular flexibility index (Phi) is 2.97. The molecule has 0 spiro atoms. The number of nitrogens with one attached hydrogen (secondary N) is 2. The number of anilines is 1. The zero-order chi connectivity index (χ0) is 14.3. The van der Waals surface area contributed by atoms with Crippen molar-refractivity contribution in [2.75, 3.05) is 5.32 Å². The highest BCUT2D eigenvalue weighted by Crippen LogP contribution is 2.30. The van der Waals surface area contributed by atoms with Crippen molar-refractivity contribution < 1.29 is 4.79 Å². The second-order valence-electron chi connectivity index (χ2n) is 5.41. The highest BCUT2D eigenvalue weighted by Gasteiger charge is 2.26. The Morgan fingerprint density at radius 1 is 0.950 bits per heavy atom. The fourth-order valence-corrected chi connectivity index (χ4v) is 3.00. The van der Waals surface area contributed by atoms with Gasteiger partial charge in [0, 0.05) is 11.3 Å². The minimum absolute atomic E-state index is 0.0243. The summed E-state index contributed by atoms with van der Waals surface area (Å²) < 4.78 is 0. The van der Waals surface area contributed by atoms with E-state index in [0.29, 0.717) is 5.56 Å². The molecule has 1 aliphatic heterocycles. The maximum Gasteiger partial charge on any atom is 0.255 e. The third-order valence-electron chi connectivity index (χ3n) is 3.77. The molecule has 0 aliphatic carbocycles. The maximum atomic E-state index is 12.2. The standard InChI is InChI=1S/C17H18N2O/c1-10-8-11(2)15(12(3)9-10)16-18-14-7-5-4-6-13(14)17(20)19-16/h4-9,16,18H,1-3H3,(H,19,20). The average molecular weight is 266 g/mol. The van der Waals surface area contributed by atoms with Crippen molar-refractivity contribution in [3.05, 3.63) is 64.2 Å². The van der Waals surface area contributed by atoms with Crippen LogP contribution in [0, 0.1) is 20.8 Å².